The minimum Gasteiger partial charge on any atom is -0.370 e. The van der Waals surface area contributed by atoms with E-state index in [0.717, 1.165) is 25.2 Å². The molecule has 2 heterocycles. The summed E-state index contributed by atoms with van der Waals surface area (Å²) >= 11 is 0. The molecule has 5 heteroatoms. The molecule has 1 aromatic heterocycles. The standard InChI is InChI=1S/C12H18N4O/c1-8-3-5-16(7-10(8)13)9-2-4-15-11(6-9)12(14)17/h2,4,6,8,10H,3,5,7,13H2,1H3,(H2,14,17). The molecule has 2 unspecified atom stereocenters. The molecule has 0 aliphatic carbocycles. The van der Waals surface area contributed by atoms with E-state index in [1.165, 1.54) is 0 Å². The number of amides is 1. The molecule has 0 spiro atoms. The molecule has 4 N–H and O–H groups in total. The van der Waals surface area contributed by atoms with Crippen LogP contribution in [0.2, 0.25) is 0 Å². The predicted molar refractivity (Wildman–Crippen MR) is 66.7 cm³/mol. The Kier molecular flexibility index (Phi) is 3.28. The Morgan fingerprint density at radius 1 is 1.59 bits per heavy atom. The highest BCUT2D eigenvalue weighted by Crippen LogP contribution is 2.22. The number of aromatic nitrogens is 1. The van der Waals surface area contributed by atoms with Gasteiger partial charge in [0.2, 0.25) is 0 Å². The number of nitrogens with zero attached hydrogens (tertiary/aromatic N) is 2. The van der Waals surface area contributed by atoms with Crippen LogP contribution in [0.5, 0.6) is 0 Å². The molecule has 0 radical (unpaired) electrons. The lowest BCUT2D eigenvalue weighted by Gasteiger charge is -2.36. The molecule has 0 saturated carbocycles. The summed E-state index contributed by atoms with van der Waals surface area (Å²) in [5, 5.41) is 0. The third-order valence-electron chi connectivity index (χ3n) is 3.38. The number of carbonyl (C=O) groups excluding carboxylic acids is 1. The Balaban J connectivity index is 2.17. The summed E-state index contributed by atoms with van der Waals surface area (Å²) in [6, 6.07) is 3.79. The topological polar surface area (TPSA) is 85.2 Å². The van der Waals surface area contributed by atoms with Crippen LogP contribution in [-0.4, -0.2) is 30.0 Å². The van der Waals surface area contributed by atoms with Crippen molar-refractivity contribution in [3.8, 4) is 0 Å². The van der Waals surface area contributed by atoms with E-state index in [2.05, 4.69) is 16.8 Å². The second-order valence-corrected chi connectivity index (χ2v) is 4.64. The Morgan fingerprint density at radius 2 is 2.35 bits per heavy atom. The van der Waals surface area contributed by atoms with E-state index in [0.29, 0.717) is 11.6 Å². The zero-order chi connectivity index (χ0) is 12.4. The highest BCUT2D eigenvalue weighted by Gasteiger charge is 2.23. The average Bonchev–Trinajstić information content (AvgIpc) is 2.33. The Bertz CT molecular complexity index is 421. The molecule has 17 heavy (non-hydrogen) atoms. The summed E-state index contributed by atoms with van der Waals surface area (Å²) in [6.07, 6.45) is 2.67. The summed E-state index contributed by atoms with van der Waals surface area (Å²) in [7, 11) is 0. The van der Waals surface area contributed by atoms with Gasteiger partial charge < -0.3 is 16.4 Å². The molecule has 1 aliphatic rings. The van der Waals surface area contributed by atoms with Gasteiger partial charge in [0.05, 0.1) is 0 Å². The first kappa shape index (κ1) is 11.9. The average molecular weight is 234 g/mol. The number of nitrogens with two attached hydrogens (primary N) is 2. The second-order valence-electron chi connectivity index (χ2n) is 4.64. The van der Waals surface area contributed by atoms with Gasteiger partial charge in [-0.3, -0.25) is 9.78 Å². The minimum atomic E-state index is -0.499. The summed E-state index contributed by atoms with van der Waals surface area (Å²) in [6.45, 7) is 3.93. The first-order valence-corrected chi connectivity index (χ1v) is 5.84. The lowest BCUT2D eigenvalue weighted by Crippen LogP contribution is -2.47. The smallest absolute Gasteiger partial charge is 0.267 e. The van der Waals surface area contributed by atoms with Crippen LogP contribution in [0, 0.1) is 5.92 Å². The highest BCUT2D eigenvalue weighted by molar-refractivity contribution is 5.91. The molecular formula is C12H18N4O. The van der Waals surface area contributed by atoms with Gasteiger partial charge >= 0.3 is 0 Å². The van der Waals surface area contributed by atoms with Gasteiger partial charge in [-0.15, -0.1) is 0 Å². The molecule has 1 aromatic rings. The van der Waals surface area contributed by atoms with E-state index in [4.69, 9.17) is 11.5 Å². The number of primary amides is 1. The SMILES string of the molecule is CC1CCN(c2ccnc(C(N)=O)c2)CC1N. The van der Waals surface area contributed by atoms with Gasteiger partial charge in [-0.25, -0.2) is 0 Å². The van der Waals surface area contributed by atoms with Crippen LogP contribution in [0.1, 0.15) is 23.8 Å². The quantitative estimate of drug-likeness (QED) is 0.773. The van der Waals surface area contributed by atoms with Gasteiger partial charge in [0.15, 0.2) is 0 Å². The lowest BCUT2D eigenvalue weighted by atomic mass is 9.94. The van der Waals surface area contributed by atoms with Gasteiger partial charge in [-0.05, 0) is 24.5 Å². The normalized spacial score (nSPS) is 24.7. The number of anilines is 1. The maximum absolute atomic E-state index is 11.1. The van der Waals surface area contributed by atoms with Gasteiger partial charge in [-0.2, -0.15) is 0 Å². The summed E-state index contributed by atoms with van der Waals surface area (Å²) in [4.78, 5) is 17.2. The third kappa shape index (κ3) is 2.55. The molecule has 1 aliphatic heterocycles. The number of rotatable bonds is 2. The number of hydrogen-bond donors (Lipinski definition) is 2. The molecule has 2 atom stereocenters. The fourth-order valence-electron chi connectivity index (χ4n) is 2.08. The van der Waals surface area contributed by atoms with Crippen molar-refractivity contribution in [1.29, 1.82) is 0 Å². The van der Waals surface area contributed by atoms with Gasteiger partial charge in [0.25, 0.3) is 5.91 Å². The van der Waals surface area contributed by atoms with Gasteiger partial charge in [-0.1, -0.05) is 6.92 Å². The zero-order valence-corrected chi connectivity index (χ0v) is 9.97. The fourth-order valence-corrected chi connectivity index (χ4v) is 2.08. The minimum absolute atomic E-state index is 0.175. The Labute approximate surface area is 101 Å². The molecule has 2 rings (SSSR count). The van der Waals surface area contributed by atoms with Crippen LogP contribution in [0.15, 0.2) is 18.3 Å². The van der Waals surface area contributed by atoms with E-state index >= 15 is 0 Å². The summed E-state index contributed by atoms with van der Waals surface area (Å²) < 4.78 is 0. The molecular weight excluding hydrogens is 216 g/mol. The molecule has 0 aromatic carbocycles. The summed E-state index contributed by atoms with van der Waals surface area (Å²) in [5.41, 5.74) is 12.5. The maximum atomic E-state index is 11.1. The first-order chi connectivity index (χ1) is 8.08. The van der Waals surface area contributed by atoms with Crippen molar-refractivity contribution in [1.82, 2.24) is 4.98 Å². The van der Waals surface area contributed by atoms with E-state index in [1.807, 2.05) is 6.07 Å². The number of pyridine rings is 1. The van der Waals surface area contributed by atoms with Crippen molar-refractivity contribution in [2.45, 2.75) is 19.4 Å². The molecule has 1 saturated heterocycles. The van der Waals surface area contributed by atoms with Crippen molar-refractivity contribution in [3.05, 3.63) is 24.0 Å². The number of carbonyl (C=O) groups is 1. The fraction of sp³-hybridized carbons (Fsp3) is 0.500. The van der Waals surface area contributed by atoms with Gasteiger partial charge in [0.1, 0.15) is 5.69 Å². The monoisotopic (exact) mass is 234 g/mol. The van der Waals surface area contributed by atoms with E-state index in [9.17, 15) is 4.79 Å². The van der Waals surface area contributed by atoms with Crippen LogP contribution in [0.4, 0.5) is 5.69 Å². The van der Waals surface area contributed by atoms with Gasteiger partial charge in [0, 0.05) is 31.0 Å². The van der Waals surface area contributed by atoms with Crippen LogP contribution in [0.25, 0.3) is 0 Å². The van der Waals surface area contributed by atoms with Crippen LogP contribution in [0.3, 0.4) is 0 Å². The van der Waals surface area contributed by atoms with Crippen LogP contribution >= 0.6 is 0 Å². The van der Waals surface area contributed by atoms with Crippen molar-refractivity contribution in [3.63, 3.8) is 0 Å². The molecule has 5 nitrogen and oxygen atoms in total. The Hall–Kier alpha value is -1.62. The van der Waals surface area contributed by atoms with Crippen molar-refractivity contribution in [2.24, 2.45) is 17.4 Å². The lowest BCUT2D eigenvalue weighted by molar-refractivity contribution is 0.0995. The number of hydrogen-bond acceptors (Lipinski definition) is 4. The summed E-state index contributed by atoms with van der Waals surface area (Å²) in [5.74, 6) is 0.0465. The van der Waals surface area contributed by atoms with Crippen LogP contribution in [-0.2, 0) is 0 Å². The third-order valence-corrected chi connectivity index (χ3v) is 3.38. The highest BCUT2D eigenvalue weighted by atomic mass is 16.1. The first-order valence-electron chi connectivity index (χ1n) is 5.84. The van der Waals surface area contributed by atoms with E-state index < -0.39 is 5.91 Å². The molecule has 1 amide bonds. The maximum Gasteiger partial charge on any atom is 0.267 e. The number of piperidine rings is 1. The second kappa shape index (κ2) is 4.71. The van der Waals surface area contributed by atoms with Crippen molar-refractivity contribution >= 4 is 11.6 Å². The predicted octanol–water partition coefficient (Wildman–Crippen LogP) is 0.354. The van der Waals surface area contributed by atoms with E-state index in [-0.39, 0.29) is 6.04 Å². The van der Waals surface area contributed by atoms with Crippen LogP contribution < -0.4 is 16.4 Å². The Morgan fingerprint density at radius 3 is 3.00 bits per heavy atom. The van der Waals surface area contributed by atoms with Crippen molar-refractivity contribution in [2.75, 3.05) is 18.0 Å². The zero-order valence-electron chi connectivity index (χ0n) is 9.97. The van der Waals surface area contributed by atoms with E-state index in [1.54, 1.807) is 12.3 Å². The molecule has 1 fully saturated rings. The molecule has 0 bridgehead atoms. The molecule has 92 valence electrons. The largest absolute Gasteiger partial charge is 0.370 e. The van der Waals surface area contributed by atoms with Crippen molar-refractivity contribution < 1.29 is 4.79 Å².